The minimum atomic E-state index is -0.276. The smallest absolute Gasteiger partial charge is 0.291 e. The first kappa shape index (κ1) is 20.8. The molecule has 5 rings (SSSR count). The van der Waals surface area contributed by atoms with Crippen molar-refractivity contribution in [2.24, 2.45) is 0 Å². The summed E-state index contributed by atoms with van der Waals surface area (Å²) >= 11 is 0. The molecule has 0 spiro atoms. The highest BCUT2D eigenvalue weighted by Crippen LogP contribution is 2.23. The molecule has 2 amide bonds. The van der Waals surface area contributed by atoms with Crippen molar-refractivity contribution in [1.82, 2.24) is 4.90 Å². The van der Waals surface area contributed by atoms with Crippen molar-refractivity contribution in [2.45, 2.75) is 6.92 Å². The van der Waals surface area contributed by atoms with Crippen molar-refractivity contribution < 1.29 is 14.0 Å². The van der Waals surface area contributed by atoms with Crippen LogP contribution in [0.5, 0.6) is 0 Å². The Morgan fingerprint density at radius 2 is 1.55 bits per heavy atom. The molecule has 1 N–H and O–H groups in total. The Hall–Kier alpha value is -4.06. The van der Waals surface area contributed by atoms with Gasteiger partial charge >= 0.3 is 0 Å². The van der Waals surface area contributed by atoms with Crippen molar-refractivity contribution in [1.29, 1.82) is 0 Å². The van der Waals surface area contributed by atoms with Gasteiger partial charge in [0.1, 0.15) is 5.58 Å². The molecule has 0 aliphatic carbocycles. The molecule has 1 aromatic heterocycles. The van der Waals surface area contributed by atoms with Crippen LogP contribution < -0.4 is 10.2 Å². The predicted molar refractivity (Wildman–Crippen MR) is 130 cm³/mol. The van der Waals surface area contributed by atoms with Gasteiger partial charge in [-0.05, 0) is 55.0 Å². The average Bonchev–Trinajstić information content (AvgIpc) is 3.29. The number of furan rings is 1. The first-order valence-electron chi connectivity index (χ1n) is 11.1. The number of hydrogen-bond donors (Lipinski definition) is 1. The van der Waals surface area contributed by atoms with E-state index in [9.17, 15) is 9.59 Å². The van der Waals surface area contributed by atoms with Gasteiger partial charge in [0.05, 0.1) is 0 Å². The minimum Gasteiger partial charge on any atom is -0.451 e. The summed E-state index contributed by atoms with van der Waals surface area (Å²) in [6.07, 6.45) is 0. The number of para-hydroxylation sites is 1. The lowest BCUT2D eigenvalue weighted by molar-refractivity contribution is 0.0746. The predicted octanol–water partition coefficient (Wildman–Crippen LogP) is 4.96. The van der Waals surface area contributed by atoms with E-state index in [-0.39, 0.29) is 17.6 Å². The van der Waals surface area contributed by atoms with Crippen LogP contribution in [-0.2, 0) is 0 Å². The summed E-state index contributed by atoms with van der Waals surface area (Å²) in [5.74, 6) is 0.105. The number of amides is 2. The van der Waals surface area contributed by atoms with E-state index in [0.717, 1.165) is 35.3 Å². The second-order valence-electron chi connectivity index (χ2n) is 8.24. The Balaban J connectivity index is 1.19. The third kappa shape index (κ3) is 4.32. The van der Waals surface area contributed by atoms with Gasteiger partial charge in [0, 0.05) is 48.5 Å². The molecule has 6 heteroatoms. The number of aryl methyl sites for hydroxylation is 1. The Bertz CT molecular complexity index is 1270. The number of carbonyl (C=O) groups is 2. The molecule has 2 heterocycles. The maximum absolute atomic E-state index is 12.8. The highest BCUT2D eigenvalue weighted by molar-refractivity contribution is 6.04. The zero-order valence-corrected chi connectivity index (χ0v) is 18.5. The number of hydrogen-bond acceptors (Lipinski definition) is 4. The Morgan fingerprint density at radius 1 is 0.848 bits per heavy atom. The highest BCUT2D eigenvalue weighted by Gasteiger charge is 2.23. The minimum absolute atomic E-state index is 0.0939. The van der Waals surface area contributed by atoms with Crippen LogP contribution in [0.25, 0.3) is 11.0 Å². The van der Waals surface area contributed by atoms with Crippen LogP contribution in [0.3, 0.4) is 0 Å². The first-order chi connectivity index (χ1) is 16.1. The first-order valence-corrected chi connectivity index (χ1v) is 11.1. The molecule has 166 valence electrons. The third-order valence-electron chi connectivity index (χ3n) is 6.08. The molecule has 0 radical (unpaired) electrons. The van der Waals surface area contributed by atoms with Crippen LogP contribution in [0.2, 0.25) is 0 Å². The summed E-state index contributed by atoms with van der Waals surface area (Å²) in [4.78, 5) is 29.6. The van der Waals surface area contributed by atoms with E-state index in [1.54, 1.807) is 6.07 Å². The topological polar surface area (TPSA) is 65.8 Å². The lowest BCUT2D eigenvalue weighted by Gasteiger charge is -2.36. The van der Waals surface area contributed by atoms with Crippen molar-refractivity contribution in [2.75, 3.05) is 36.4 Å². The normalized spacial score (nSPS) is 13.8. The molecule has 1 fully saturated rings. The van der Waals surface area contributed by atoms with Gasteiger partial charge in [-0.25, -0.2) is 0 Å². The van der Waals surface area contributed by atoms with E-state index in [4.69, 9.17) is 4.42 Å². The number of piperazine rings is 1. The molecular formula is C27H25N3O3. The highest BCUT2D eigenvalue weighted by atomic mass is 16.3. The fourth-order valence-electron chi connectivity index (χ4n) is 4.19. The van der Waals surface area contributed by atoms with Crippen LogP contribution in [0.15, 0.2) is 83.3 Å². The van der Waals surface area contributed by atoms with Crippen LogP contribution in [0.4, 0.5) is 11.4 Å². The van der Waals surface area contributed by atoms with E-state index in [2.05, 4.69) is 10.2 Å². The van der Waals surface area contributed by atoms with Crippen LogP contribution in [-0.4, -0.2) is 42.9 Å². The lowest BCUT2D eigenvalue weighted by atomic mass is 10.1. The molecule has 1 aliphatic rings. The Morgan fingerprint density at radius 3 is 2.27 bits per heavy atom. The molecule has 6 nitrogen and oxygen atoms in total. The van der Waals surface area contributed by atoms with E-state index < -0.39 is 0 Å². The van der Waals surface area contributed by atoms with Crippen molar-refractivity contribution in [3.8, 4) is 0 Å². The molecular weight excluding hydrogens is 414 g/mol. The monoisotopic (exact) mass is 439 g/mol. The van der Waals surface area contributed by atoms with Crippen LogP contribution in [0.1, 0.15) is 26.5 Å². The van der Waals surface area contributed by atoms with Gasteiger partial charge in [-0.2, -0.15) is 0 Å². The Kier molecular flexibility index (Phi) is 5.57. The zero-order chi connectivity index (χ0) is 22.8. The molecule has 0 atom stereocenters. The van der Waals surface area contributed by atoms with Crippen molar-refractivity contribution >= 4 is 34.2 Å². The number of benzene rings is 3. The number of nitrogens with zero attached hydrogens (tertiary/aromatic N) is 2. The molecule has 0 unspecified atom stereocenters. The molecule has 4 aromatic rings. The van der Waals surface area contributed by atoms with Crippen molar-refractivity contribution in [3.05, 3.63) is 95.7 Å². The van der Waals surface area contributed by atoms with Gasteiger partial charge in [0.2, 0.25) is 0 Å². The van der Waals surface area contributed by atoms with E-state index >= 15 is 0 Å². The fraction of sp³-hybridized carbons (Fsp3) is 0.185. The maximum Gasteiger partial charge on any atom is 0.291 e. The molecule has 3 aromatic carbocycles. The van der Waals surface area contributed by atoms with Gasteiger partial charge in [-0.15, -0.1) is 0 Å². The zero-order valence-electron chi connectivity index (χ0n) is 18.5. The summed E-state index contributed by atoms with van der Waals surface area (Å²) in [6, 6.07) is 24.8. The summed E-state index contributed by atoms with van der Waals surface area (Å²) < 4.78 is 5.64. The standard InChI is InChI=1S/C27H25N3O3/c1-19-6-2-4-8-23(19)27(32)30-16-14-29(15-17-30)22-12-10-21(11-13-22)28-26(31)25-18-20-7-3-5-9-24(20)33-25/h2-13,18H,14-17H2,1H3,(H,28,31). The quantitative estimate of drug-likeness (QED) is 0.488. The van der Waals surface area contributed by atoms with Gasteiger partial charge in [0.15, 0.2) is 5.76 Å². The summed E-state index contributed by atoms with van der Waals surface area (Å²) in [6.45, 7) is 4.86. The maximum atomic E-state index is 12.8. The van der Waals surface area contributed by atoms with E-state index in [1.165, 1.54) is 0 Å². The number of carbonyl (C=O) groups excluding carboxylic acids is 2. The number of fused-ring (bicyclic) bond motifs is 1. The van der Waals surface area contributed by atoms with E-state index in [0.29, 0.717) is 24.4 Å². The summed E-state index contributed by atoms with van der Waals surface area (Å²) in [5.41, 5.74) is 4.25. The molecule has 1 saturated heterocycles. The second kappa shape index (κ2) is 8.82. The SMILES string of the molecule is Cc1ccccc1C(=O)N1CCN(c2ccc(NC(=O)c3cc4ccccc4o3)cc2)CC1. The number of rotatable bonds is 4. The average molecular weight is 440 g/mol. The van der Waals surface area contributed by atoms with Crippen LogP contribution in [0, 0.1) is 6.92 Å². The number of anilines is 2. The summed E-state index contributed by atoms with van der Waals surface area (Å²) in [7, 11) is 0. The Labute approximate surface area is 192 Å². The third-order valence-corrected chi connectivity index (χ3v) is 6.08. The van der Waals surface area contributed by atoms with Gasteiger partial charge in [0.25, 0.3) is 11.8 Å². The lowest BCUT2D eigenvalue weighted by Crippen LogP contribution is -2.48. The van der Waals surface area contributed by atoms with Gasteiger partial charge in [-0.1, -0.05) is 36.4 Å². The molecule has 0 bridgehead atoms. The molecule has 1 aliphatic heterocycles. The fourth-order valence-corrected chi connectivity index (χ4v) is 4.19. The number of nitrogens with one attached hydrogen (secondary N) is 1. The van der Waals surface area contributed by atoms with Crippen molar-refractivity contribution in [3.63, 3.8) is 0 Å². The van der Waals surface area contributed by atoms with Gasteiger partial charge < -0.3 is 19.5 Å². The molecule has 0 saturated carbocycles. The second-order valence-corrected chi connectivity index (χ2v) is 8.24. The van der Waals surface area contributed by atoms with Gasteiger partial charge in [-0.3, -0.25) is 9.59 Å². The largest absolute Gasteiger partial charge is 0.451 e. The summed E-state index contributed by atoms with van der Waals surface area (Å²) in [5, 5.41) is 3.79. The molecule has 33 heavy (non-hydrogen) atoms. The van der Waals surface area contributed by atoms with Crippen LogP contribution >= 0.6 is 0 Å². The van der Waals surface area contributed by atoms with E-state index in [1.807, 2.05) is 84.6 Å².